The summed E-state index contributed by atoms with van der Waals surface area (Å²) >= 11 is 5.16. The zero-order valence-corrected chi connectivity index (χ0v) is 16.5. The lowest BCUT2D eigenvalue weighted by molar-refractivity contribution is -0.402. The lowest BCUT2D eigenvalue weighted by Gasteiger charge is -2.28. The third-order valence-corrected chi connectivity index (χ3v) is 4.54. The number of nitrogens with zero attached hydrogens (tertiary/aromatic N) is 2. The van der Waals surface area contributed by atoms with Gasteiger partial charge in [-0.05, 0) is 60.8 Å². The minimum absolute atomic E-state index is 0.00965. The molecule has 1 N–H and O–H groups in total. The fourth-order valence-corrected chi connectivity index (χ4v) is 3.12. The van der Waals surface area contributed by atoms with Gasteiger partial charge in [0.2, 0.25) is 0 Å². The molecule has 0 bridgehead atoms. The summed E-state index contributed by atoms with van der Waals surface area (Å²) in [7, 11) is 0. The fraction of sp³-hybridized carbons (Fsp3) is 0. The van der Waals surface area contributed by atoms with Crippen molar-refractivity contribution in [2.45, 2.75) is 0 Å². The lowest BCUT2D eigenvalue weighted by atomic mass is 10.1. The van der Waals surface area contributed by atoms with E-state index in [-0.39, 0.29) is 16.4 Å². The van der Waals surface area contributed by atoms with Crippen LogP contribution in [0.3, 0.4) is 0 Å². The summed E-state index contributed by atoms with van der Waals surface area (Å²) in [6.07, 6.45) is 1.13. The van der Waals surface area contributed by atoms with Crippen molar-refractivity contribution in [3.05, 3.63) is 88.2 Å². The minimum atomic E-state index is -0.727. The van der Waals surface area contributed by atoms with Gasteiger partial charge in [0.05, 0.1) is 11.8 Å². The largest absolute Gasteiger partial charge is 0.457 e. The van der Waals surface area contributed by atoms with Gasteiger partial charge in [0.25, 0.3) is 11.8 Å². The first-order valence-corrected chi connectivity index (χ1v) is 9.32. The van der Waals surface area contributed by atoms with Crippen molar-refractivity contribution in [3.8, 4) is 11.5 Å². The van der Waals surface area contributed by atoms with Crippen LogP contribution in [0.25, 0.3) is 6.08 Å². The van der Waals surface area contributed by atoms with E-state index in [0.717, 1.165) is 17.0 Å². The Morgan fingerprint density at radius 2 is 1.68 bits per heavy atom. The normalized spacial score (nSPS) is 15.2. The number of furan rings is 1. The van der Waals surface area contributed by atoms with E-state index >= 15 is 0 Å². The van der Waals surface area contributed by atoms with Crippen LogP contribution in [0.5, 0.6) is 11.5 Å². The van der Waals surface area contributed by atoms with Crippen LogP contribution >= 0.6 is 12.2 Å². The highest BCUT2D eigenvalue weighted by atomic mass is 32.1. The zero-order chi connectivity index (χ0) is 22.0. The number of carbonyl (C=O) groups excluding carboxylic acids is 2. The van der Waals surface area contributed by atoms with E-state index in [1.165, 1.54) is 6.07 Å². The number of thiocarbonyl (C=S) groups is 1. The molecular weight excluding hydrogens is 422 g/mol. The predicted octanol–water partition coefficient (Wildman–Crippen LogP) is 3.81. The quantitative estimate of drug-likeness (QED) is 0.213. The van der Waals surface area contributed by atoms with Crippen LogP contribution in [0.2, 0.25) is 0 Å². The molecule has 10 heteroatoms. The summed E-state index contributed by atoms with van der Waals surface area (Å²) in [6, 6.07) is 18.2. The molecule has 2 amide bonds. The van der Waals surface area contributed by atoms with Crippen molar-refractivity contribution < 1.29 is 23.7 Å². The number of ether oxygens (including phenoxy) is 1. The van der Waals surface area contributed by atoms with Crippen molar-refractivity contribution >= 4 is 46.8 Å². The Kier molecular flexibility index (Phi) is 5.29. The Labute approximate surface area is 180 Å². The number of carbonyl (C=O) groups is 2. The Hall–Kier alpha value is -4.31. The van der Waals surface area contributed by atoms with Crippen LogP contribution < -0.4 is 15.0 Å². The number of hydrogen-bond acceptors (Lipinski definition) is 7. The third-order valence-electron chi connectivity index (χ3n) is 4.25. The molecule has 0 saturated carbocycles. The maximum Gasteiger partial charge on any atom is 0.433 e. The molecule has 0 aliphatic carbocycles. The van der Waals surface area contributed by atoms with Gasteiger partial charge in [-0.1, -0.05) is 18.2 Å². The Morgan fingerprint density at radius 3 is 2.32 bits per heavy atom. The molecule has 2 aromatic carbocycles. The number of para-hydroxylation sites is 1. The van der Waals surface area contributed by atoms with Crippen molar-refractivity contribution in [2.75, 3.05) is 4.90 Å². The van der Waals surface area contributed by atoms with E-state index in [1.807, 2.05) is 30.3 Å². The maximum absolute atomic E-state index is 13.0. The monoisotopic (exact) mass is 435 g/mol. The fourth-order valence-electron chi connectivity index (χ4n) is 2.84. The van der Waals surface area contributed by atoms with Gasteiger partial charge < -0.3 is 9.15 Å². The molecule has 1 aliphatic heterocycles. The summed E-state index contributed by atoms with van der Waals surface area (Å²) in [6.45, 7) is 0. The summed E-state index contributed by atoms with van der Waals surface area (Å²) in [4.78, 5) is 36.5. The molecule has 0 spiro atoms. The smallest absolute Gasteiger partial charge is 0.433 e. The molecule has 1 saturated heterocycles. The van der Waals surface area contributed by atoms with Crippen molar-refractivity contribution in [2.24, 2.45) is 0 Å². The zero-order valence-electron chi connectivity index (χ0n) is 15.7. The second-order valence-electron chi connectivity index (χ2n) is 6.30. The van der Waals surface area contributed by atoms with E-state index in [4.69, 9.17) is 21.4 Å². The molecule has 4 rings (SSSR count). The molecule has 154 valence electrons. The Balaban J connectivity index is 1.59. The van der Waals surface area contributed by atoms with Gasteiger partial charge in [-0.3, -0.25) is 29.9 Å². The first-order chi connectivity index (χ1) is 14.9. The van der Waals surface area contributed by atoms with Crippen molar-refractivity contribution in [1.29, 1.82) is 0 Å². The molecule has 31 heavy (non-hydrogen) atoms. The topological polar surface area (TPSA) is 115 Å². The number of anilines is 1. The van der Waals surface area contributed by atoms with Gasteiger partial charge in [0.15, 0.2) is 5.11 Å². The number of rotatable bonds is 5. The third kappa shape index (κ3) is 4.19. The lowest BCUT2D eigenvalue weighted by Crippen LogP contribution is -2.54. The van der Waals surface area contributed by atoms with Gasteiger partial charge in [-0.2, -0.15) is 0 Å². The highest BCUT2D eigenvalue weighted by molar-refractivity contribution is 7.80. The van der Waals surface area contributed by atoms with Crippen LogP contribution in [0.4, 0.5) is 11.6 Å². The Bertz CT molecular complexity index is 1220. The molecule has 2 heterocycles. The Morgan fingerprint density at radius 1 is 1.00 bits per heavy atom. The summed E-state index contributed by atoms with van der Waals surface area (Å²) in [5.41, 5.74) is 0.134. The highest BCUT2D eigenvalue weighted by Gasteiger charge is 2.35. The average molecular weight is 435 g/mol. The van der Waals surface area contributed by atoms with Gasteiger partial charge in [-0.15, -0.1) is 0 Å². The molecule has 3 aromatic rings. The molecule has 1 fully saturated rings. The predicted molar refractivity (Wildman–Crippen MR) is 115 cm³/mol. The molecule has 1 aliphatic rings. The standard InChI is InChI=1S/C21H13N3O6S/c25-19-17(12-16-10-11-18(30-16)24(27)28)20(26)23(21(31)22-19)13-6-8-15(9-7-13)29-14-4-2-1-3-5-14/h1-12H,(H,22,25,31). The summed E-state index contributed by atoms with van der Waals surface area (Å²) in [5.74, 6) is -0.724. The van der Waals surface area contributed by atoms with Crippen LogP contribution in [0.1, 0.15) is 5.76 Å². The summed E-state index contributed by atoms with van der Waals surface area (Å²) < 4.78 is 10.7. The molecule has 9 nitrogen and oxygen atoms in total. The van der Waals surface area contributed by atoms with Crippen LogP contribution in [0, 0.1) is 10.1 Å². The van der Waals surface area contributed by atoms with Crippen LogP contribution in [-0.4, -0.2) is 21.9 Å². The minimum Gasteiger partial charge on any atom is -0.457 e. The van der Waals surface area contributed by atoms with E-state index in [1.54, 1.807) is 24.3 Å². The van der Waals surface area contributed by atoms with Crippen LogP contribution in [-0.2, 0) is 9.59 Å². The summed E-state index contributed by atoms with van der Waals surface area (Å²) in [5, 5.41) is 13.1. The second kappa shape index (κ2) is 8.20. The van der Waals surface area contributed by atoms with Crippen molar-refractivity contribution in [1.82, 2.24) is 5.32 Å². The number of nitro groups is 1. The average Bonchev–Trinajstić information content (AvgIpc) is 3.22. The van der Waals surface area contributed by atoms with Crippen molar-refractivity contribution in [3.63, 3.8) is 0 Å². The number of nitrogens with one attached hydrogen (secondary N) is 1. The number of hydrogen-bond donors (Lipinski definition) is 1. The second-order valence-corrected chi connectivity index (χ2v) is 6.69. The maximum atomic E-state index is 13.0. The van der Waals surface area contributed by atoms with Gasteiger partial charge in [0.1, 0.15) is 27.8 Å². The molecule has 1 aromatic heterocycles. The molecule has 0 radical (unpaired) electrons. The van der Waals surface area contributed by atoms with E-state index in [2.05, 4.69) is 5.32 Å². The molecule has 0 atom stereocenters. The number of benzene rings is 2. The van der Waals surface area contributed by atoms with Gasteiger partial charge in [0, 0.05) is 0 Å². The SMILES string of the molecule is O=C1NC(=S)N(c2ccc(Oc3ccccc3)cc2)C(=O)C1=Cc1ccc([N+](=O)[O-])o1. The molecular formula is C21H13N3O6S. The first-order valence-electron chi connectivity index (χ1n) is 8.91. The van der Waals surface area contributed by atoms with E-state index in [9.17, 15) is 19.7 Å². The molecule has 0 unspecified atom stereocenters. The van der Waals surface area contributed by atoms with E-state index in [0.29, 0.717) is 17.2 Å². The highest BCUT2D eigenvalue weighted by Crippen LogP contribution is 2.27. The van der Waals surface area contributed by atoms with Crippen LogP contribution in [0.15, 0.2) is 76.7 Å². The number of amides is 2. The first kappa shape index (κ1) is 20.0. The van der Waals surface area contributed by atoms with Gasteiger partial charge in [-0.25, -0.2) is 0 Å². The van der Waals surface area contributed by atoms with E-state index < -0.39 is 22.6 Å². The van der Waals surface area contributed by atoms with Gasteiger partial charge >= 0.3 is 5.88 Å².